The maximum absolute atomic E-state index is 12.9. The Bertz CT molecular complexity index is 1380. The Hall–Kier alpha value is -3.76. The van der Waals surface area contributed by atoms with Gasteiger partial charge in [0.2, 0.25) is 0 Å². The van der Waals surface area contributed by atoms with Crippen LogP contribution in [0.5, 0.6) is 5.75 Å². The predicted molar refractivity (Wildman–Crippen MR) is 135 cm³/mol. The molecule has 0 aliphatic carbocycles. The molecule has 2 aliphatic heterocycles. The average molecular weight is 488 g/mol. The molecule has 1 aromatic carbocycles. The van der Waals surface area contributed by atoms with Crippen molar-refractivity contribution in [2.75, 3.05) is 30.8 Å². The molecule has 0 saturated heterocycles. The molecule has 0 radical (unpaired) electrons. The third kappa shape index (κ3) is 4.38. The molecule has 3 N–H and O–H groups in total. The van der Waals surface area contributed by atoms with Gasteiger partial charge in [-0.15, -0.1) is 11.3 Å². The van der Waals surface area contributed by atoms with Crippen molar-refractivity contribution >= 4 is 28.2 Å². The third-order valence-electron chi connectivity index (χ3n) is 6.33. The molecule has 0 fully saturated rings. The molecule has 0 saturated carbocycles. The van der Waals surface area contributed by atoms with E-state index in [-0.39, 0.29) is 5.91 Å². The van der Waals surface area contributed by atoms with E-state index in [0.29, 0.717) is 23.8 Å². The lowest BCUT2D eigenvalue weighted by atomic mass is 10.1. The summed E-state index contributed by atoms with van der Waals surface area (Å²) in [5, 5.41) is 13.9. The molecule has 4 aromatic rings. The molecule has 0 bridgehead atoms. The van der Waals surface area contributed by atoms with Gasteiger partial charge in [0.05, 0.1) is 18.5 Å². The minimum absolute atomic E-state index is 0.150. The minimum Gasteiger partial charge on any atom is -0.492 e. The molecule has 0 atom stereocenters. The van der Waals surface area contributed by atoms with Gasteiger partial charge in [0.15, 0.2) is 5.13 Å². The van der Waals surface area contributed by atoms with Gasteiger partial charge >= 0.3 is 0 Å². The number of amides is 1. The largest absolute Gasteiger partial charge is 0.492 e. The lowest BCUT2D eigenvalue weighted by molar-refractivity contribution is 0.102. The van der Waals surface area contributed by atoms with Gasteiger partial charge in [-0.1, -0.05) is 12.1 Å². The summed E-state index contributed by atoms with van der Waals surface area (Å²) in [5.41, 5.74) is 5.65. The highest BCUT2D eigenvalue weighted by atomic mass is 32.1. The molecule has 3 aromatic heterocycles. The smallest absolute Gasteiger partial charge is 0.257 e. The number of rotatable bonds is 6. The van der Waals surface area contributed by atoms with Gasteiger partial charge in [-0.3, -0.25) is 15.2 Å². The Morgan fingerprint density at radius 2 is 2.23 bits per heavy atom. The van der Waals surface area contributed by atoms with Crippen molar-refractivity contribution in [3.63, 3.8) is 0 Å². The van der Waals surface area contributed by atoms with Crippen molar-refractivity contribution in [1.29, 1.82) is 0 Å². The highest BCUT2D eigenvalue weighted by Crippen LogP contribution is 2.39. The van der Waals surface area contributed by atoms with Crippen LogP contribution in [-0.4, -0.2) is 51.2 Å². The fraction of sp³-hybridized carbons (Fsp3) is 0.280. The number of hydrogen-bond acceptors (Lipinski definition) is 8. The zero-order valence-corrected chi connectivity index (χ0v) is 20.1. The van der Waals surface area contributed by atoms with Crippen LogP contribution in [0.1, 0.15) is 32.1 Å². The number of carbonyl (C=O) groups is 1. The Balaban J connectivity index is 1.15. The maximum Gasteiger partial charge on any atom is 0.257 e. The van der Waals surface area contributed by atoms with E-state index in [0.717, 1.165) is 65.4 Å². The number of likely N-dealkylation sites (N-methyl/N-ethyl adjacent to an activating group) is 1. The van der Waals surface area contributed by atoms with Crippen molar-refractivity contribution in [2.24, 2.45) is 0 Å². The monoisotopic (exact) mass is 487 g/mol. The van der Waals surface area contributed by atoms with E-state index in [1.165, 1.54) is 4.88 Å². The zero-order valence-electron chi connectivity index (χ0n) is 19.3. The molecular weight excluding hydrogens is 462 g/mol. The number of ether oxygens (including phenoxy) is 1. The Morgan fingerprint density at radius 3 is 3.11 bits per heavy atom. The average Bonchev–Trinajstić information content (AvgIpc) is 3.63. The number of H-pyrrole nitrogens is 1. The summed E-state index contributed by atoms with van der Waals surface area (Å²) in [7, 11) is 2.10. The van der Waals surface area contributed by atoms with Crippen LogP contribution in [0.3, 0.4) is 0 Å². The molecule has 1 amide bonds. The summed E-state index contributed by atoms with van der Waals surface area (Å²) in [4.78, 5) is 25.7. The number of anilines is 2. The molecule has 35 heavy (non-hydrogen) atoms. The Kier molecular flexibility index (Phi) is 5.67. The SMILES string of the molecule is CN1CCc2nc(NC(=O)c3cccc(CNc4ncc(-c5cn[nH]c5)c5c4CCO5)c3)sc2C1. The summed E-state index contributed by atoms with van der Waals surface area (Å²) in [6.07, 6.45) is 7.13. The fourth-order valence-corrected chi connectivity index (χ4v) is 5.58. The first kappa shape index (κ1) is 21.8. The standard InChI is InChI=1S/C25H25N7O2S/c1-32-7-5-20-21(14-32)35-25(30-20)31-24(33)16-4-2-3-15(9-16)10-26-23-18-6-8-34-22(18)19(13-27-23)17-11-28-29-12-17/h2-4,9,11-13H,5-8,10,14H2,1H3,(H,26,27)(H,28,29)(H,30,31,33). The van der Waals surface area contributed by atoms with Crippen molar-refractivity contribution in [3.05, 3.63) is 70.1 Å². The quantitative estimate of drug-likeness (QED) is 0.380. The molecule has 2 aliphatic rings. The van der Waals surface area contributed by atoms with Crippen molar-refractivity contribution in [2.45, 2.75) is 25.9 Å². The minimum atomic E-state index is -0.150. The maximum atomic E-state index is 12.9. The number of aromatic amines is 1. The van der Waals surface area contributed by atoms with Crippen LogP contribution in [0.2, 0.25) is 0 Å². The number of carbonyl (C=O) groups excluding carboxylic acids is 1. The topological polar surface area (TPSA) is 108 Å². The number of pyridine rings is 1. The van der Waals surface area contributed by atoms with Gasteiger partial charge in [-0.25, -0.2) is 9.97 Å². The molecule has 178 valence electrons. The lowest BCUT2D eigenvalue weighted by Crippen LogP contribution is -2.25. The summed E-state index contributed by atoms with van der Waals surface area (Å²) in [6.45, 7) is 3.06. The number of thiazole rings is 1. The first-order chi connectivity index (χ1) is 17.1. The van der Waals surface area contributed by atoms with Crippen LogP contribution in [0.4, 0.5) is 10.9 Å². The van der Waals surface area contributed by atoms with E-state index in [2.05, 4.69) is 42.7 Å². The Morgan fingerprint density at radius 1 is 1.29 bits per heavy atom. The van der Waals surface area contributed by atoms with Crippen LogP contribution in [-0.2, 0) is 25.9 Å². The fourth-order valence-electron chi connectivity index (χ4n) is 4.50. The van der Waals surface area contributed by atoms with Crippen molar-refractivity contribution < 1.29 is 9.53 Å². The highest BCUT2D eigenvalue weighted by molar-refractivity contribution is 7.15. The molecule has 5 heterocycles. The van der Waals surface area contributed by atoms with E-state index in [1.54, 1.807) is 17.5 Å². The number of nitrogens with one attached hydrogen (secondary N) is 3. The van der Waals surface area contributed by atoms with Crippen molar-refractivity contribution in [3.8, 4) is 16.9 Å². The molecule has 10 heteroatoms. The van der Waals surface area contributed by atoms with E-state index in [9.17, 15) is 4.79 Å². The summed E-state index contributed by atoms with van der Waals surface area (Å²) < 4.78 is 5.91. The molecule has 0 spiro atoms. The van der Waals surface area contributed by atoms with Gasteiger partial charge in [-0.2, -0.15) is 5.10 Å². The van der Waals surface area contributed by atoms with Gasteiger partial charge < -0.3 is 15.0 Å². The summed E-state index contributed by atoms with van der Waals surface area (Å²) in [6, 6.07) is 7.62. The molecular formula is C25H25N7O2S. The number of aromatic nitrogens is 4. The first-order valence-corrected chi connectivity index (χ1v) is 12.4. The number of nitrogens with zero attached hydrogens (tertiary/aromatic N) is 4. The third-order valence-corrected chi connectivity index (χ3v) is 7.32. The lowest BCUT2D eigenvalue weighted by Gasteiger charge is -2.20. The van der Waals surface area contributed by atoms with Crippen LogP contribution >= 0.6 is 11.3 Å². The number of hydrogen-bond donors (Lipinski definition) is 3. The summed E-state index contributed by atoms with van der Waals surface area (Å²) >= 11 is 1.56. The Labute approximate surface area is 206 Å². The van der Waals surface area contributed by atoms with Crippen molar-refractivity contribution in [1.82, 2.24) is 25.1 Å². The van der Waals surface area contributed by atoms with E-state index >= 15 is 0 Å². The number of benzene rings is 1. The highest BCUT2D eigenvalue weighted by Gasteiger charge is 2.23. The van der Waals surface area contributed by atoms with Gasteiger partial charge in [0.25, 0.3) is 5.91 Å². The second kappa shape index (κ2) is 9.12. The molecule has 9 nitrogen and oxygen atoms in total. The van der Waals surface area contributed by atoms with Crippen LogP contribution < -0.4 is 15.4 Å². The van der Waals surface area contributed by atoms with E-state index < -0.39 is 0 Å². The second-order valence-corrected chi connectivity index (χ2v) is 9.88. The zero-order chi connectivity index (χ0) is 23.8. The van der Waals surface area contributed by atoms with Gasteiger partial charge in [-0.05, 0) is 24.7 Å². The van der Waals surface area contributed by atoms with Crippen LogP contribution in [0.25, 0.3) is 11.1 Å². The molecule has 6 rings (SSSR count). The normalized spacial score (nSPS) is 14.8. The molecule has 0 unspecified atom stereocenters. The van der Waals surface area contributed by atoms with Gasteiger partial charge in [0.1, 0.15) is 11.6 Å². The van der Waals surface area contributed by atoms with E-state index in [4.69, 9.17) is 4.74 Å². The summed E-state index contributed by atoms with van der Waals surface area (Å²) in [5.74, 6) is 1.51. The first-order valence-electron chi connectivity index (χ1n) is 11.6. The van der Waals surface area contributed by atoms with Crippen LogP contribution in [0, 0.1) is 0 Å². The van der Waals surface area contributed by atoms with E-state index in [1.807, 2.05) is 36.7 Å². The second-order valence-electron chi connectivity index (χ2n) is 8.80. The predicted octanol–water partition coefficient (Wildman–Crippen LogP) is 3.72. The number of fused-ring (bicyclic) bond motifs is 2. The van der Waals surface area contributed by atoms with Gasteiger partial charge in [0, 0.05) is 72.0 Å². The van der Waals surface area contributed by atoms with Crippen LogP contribution in [0.15, 0.2) is 42.9 Å².